The smallest absolute Gasteiger partial charge is 0.408 e. The topological polar surface area (TPSA) is 93.3 Å². The van der Waals surface area contributed by atoms with Gasteiger partial charge in [0.15, 0.2) is 0 Å². The molecule has 0 bridgehead atoms. The van der Waals surface area contributed by atoms with Gasteiger partial charge in [0, 0.05) is 24.3 Å². The SMILES string of the molecule is CC(c1nc2cccc(-c3cnn(C)c3)c2c(=O)n1-c1ccccc1)N(C(=O)O)C(C)(C)C. The van der Waals surface area contributed by atoms with Crippen molar-refractivity contribution in [2.24, 2.45) is 7.05 Å². The van der Waals surface area contributed by atoms with Crippen molar-refractivity contribution in [2.75, 3.05) is 0 Å². The Kier molecular flexibility index (Phi) is 5.53. The number of hydrogen-bond donors (Lipinski definition) is 1. The number of aromatic nitrogens is 4. The lowest BCUT2D eigenvalue weighted by Gasteiger charge is -2.38. The van der Waals surface area contributed by atoms with E-state index in [2.05, 4.69) is 5.10 Å². The van der Waals surface area contributed by atoms with E-state index in [-0.39, 0.29) is 5.56 Å². The summed E-state index contributed by atoms with van der Waals surface area (Å²) in [5, 5.41) is 14.7. The normalized spacial score (nSPS) is 12.6. The minimum absolute atomic E-state index is 0.258. The number of carboxylic acid groups (broad SMARTS) is 1. The molecule has 0 saturated carbocycles. The van der Waals surface area contributed by atoms with Gasteiger partial charge in [0.2, 0.25) is 0 Å². The molecule has 170 valence electrons. The van der Waals surface area contributed by atoms with Crippen LogP contribution in [0.15, 0.2) is 65.7 Å². The van der Waals surface area contributed by atoms with Crippen LogP contribution < -0.4 is 5.56 Å². The molecule has 1 N–H and O–H groups in total. The zero-order chi connectivity index (χ0) is 23.9. The van der Waals surface area contributed by atoms with Crippen LogP contribution in [0.4, 0.5) is 4.79 Å². The van der Waals surface area contributed by atoms with Gasteiger partial charge < -0.3 is 5.11 Å². The van der Waals surface area contributed by atoms with Crippen molar-refractivity contribution in [3.05, 3.63) is 77.1 Å². The number of carbonyl (C=O) groups is 1. The third-order valence-corrected chi connectivity index (χ3v) is 5.64. The number of aryl methyl sites for hydroxylation is 1. The fraction of sp³-hybridized carbons (Fsp3) is 0.280. The molecule has 0 aliphatic heterocycles. The molecule has 0 aliphatic rings. The van der Waals surface area contributed by atoms with E-state index >= 15 is 0 Å². The molecule has 2 aromatic heterocycles. The van der Waals surface area contributed by atoms with Crippen LogP contribution in [0.5, 0.6) is 0 Å². The second-order valence-corrected chi connectivity index (χ2v) is 9.05. The van der Waals surface area contributed by atoms with E-state index in [1.165, 1.54) is 9.47 Å². The highest BCUT2D eigenvalue weighted by atomic mass is 16.4. The second kappa shape index (κ2) is 8.20. The molecule has 0 fully saturated rings. The Morgan fingerprint density at radius 3 is 2.36 bits per heavy atom. The molecule has 0 aliphatic carbocycles. The van der Waals surface area contributed by atoms with Crippen molar-refractivity contribution in [1.29, 1.82) is 0 Å². The molecule has 0 radical (unpaired) electrons. The van der Waals surface area contributed by atoms with Crippen molar-refractivity contribution in [1.82, 2.24) is 24.2 Å². The maximum Gasteiger partial charge on any atom is 0.408 e. The van der Waals surface area contributed by atoms with Crippen LogP contribution in [-0.4, -0.2) is 41.0 Å². The van der Waals surface area contributed by atoms with Crippen LogP contribution in [0, 0.1) is 0 Å². The van der Waals surface area contributed by atoms with Crippen molar-refractivity contribution >= 4 is 17.0 Å². The van der Waals surface area contributed by atoms with Gasteiger partial charge >= 0.3 is 6.09 Å². The quantitative estimate of drug-likeness (QED) is 0.494. The standard InChI is InChI=1S/C25H27N5O3/c1-16(30(24(32)33)25(2,3)4)22-27-20-13-9-12-19(17-14-26-28(5)15-17)21(20)23(31)29(22)18-10-7-6-8-11-18/h6-16H,1-5H3,(H,32,33). The summed E-state index contributed by atoms with van der Waals surface area (Å²) in [6.07, 6.45) is 2.49. The maximum absolute atomic E-state index is 14.0. The molecule has 0 spiro atoms. The van der Waals surface area contributed by atoms with Gasteiger partial charge in [-0.25, -0.2) is 9.78 Å². The Balaban J connectivity index is 2.08. The highest BCUT2D eigenvalue weighted by Crippen LogP contribution is 2.31. The molecule has 8 heteroatoms. The van der Waals surface area contributed by atoms with Crippen molar-refractivity contribution in [2.45, 2.75) is 39.3 Å². The summed E-state index contributed by atoms with van der Waals surface area (Å²) < 4.78 is 3.20. The monoisotopic (exact) mass is 445 g/mol. The number of amides is 1. The second-order valence-electron chi connectivity index (χ2n) is 9.05. The first-order valence-electron chi connectivity index (χ1n) is 10.7. The Morgan fingerprint density at radius 2 is 1.79 bits per heavy atom. The summed E-state index contributed by atoms with van der Waals surface area (Å²) in [6.45, 7) is 7.23. The van der Waals surface area contributed by atoms with E-state index in [1.807, 2.05) is 76.5 Å². The zero-order valence-corrected chi connectivity index (χ0v) is 19.4. The summed E-state index contributed by atoms with van der Waals surface area (Å²) in [5.41, 5.74) is 1.72. The van der Waals surface area contributed by atoms with Crippen molar-refractivity contribution in [3.63, 3.8) is 0 Å². The van der Waals surface area contributed by atoms with E-state index in [4.69, 9.17) is 4.98 Å². The number of para-hydroxylation sites is 1. The molecule has 1 atom stereocenters. The lowest BCUT2D eigenvalue weighted by Crippen LogP contribution is -2.47. The van der Waals surface area contributed by atoms with Crippen LogP contribution in [0.3, 0.4) is 0 Å². The van der Waals surface area contributed by atoms with Crippen molar-refractivity contribution < 1.29 is 9.90 Å². The van der Waals surface area contributed by atoms with Gasteiger partial charge in [-0.1, -0.05) is 30.3 Å². The van der Waals surface area contributed by atoms with Gasteiger partial charge in [0.05, 0.1) is 28.8 Å². The molecular weight excluding hydrogens is 418 g/mol. The first kappa shape index (κ1) is 22.3. The van der Waals surface area contributed by atoms with E-state index < -0.39 is 17.7 Å². The van der Waals surface area contributed by atoms with Gasteiger partial charge in [-0.05, 0) is 51.5 Å². The lowest BCUT2D eigenvalue weighted by atomic mass is 10.0. The first-order chi connectivity index (χ1) is 15.6. The molecule has 4 rings (SSSR count). The molecule has 2 aromatic carbocycles. The summed E-state index contributed by atoms with van der Waals surface area (Å²) in [4.78, 5) is 32.4. The van der Waals surface area contributed by atoms with Gasteiger partial charge in [0.1, 0.15) is 5.82 Å². The number of fused-ring (bicyclic) bond motifs is 1. The molecule has 2 heterocycles. The van der Waals surface area contributed by atoms with Crippen LogP contribution >= 0.6 is 0 Å². The zero-order valence-electron chi connectivity index (χ0n) is 19.4. The Hall–Kier alpha value is -3.94. The van der Waals surface area contributed by atoms with Crippen LogP contribution in [0.25, 0.3) is 27.7 Å². The average molecular weight is 446 g/mol. The molecule has 1 unspecified atom stereocenters. The summed E-state index contributed by atoms with van der Waals surface area (Å²) in [7, 11) is 1.82. The molecule has 8 nitrogen and oxygen atoms in total. The predicted octanol–water partition coefficient (Wildman–Crippen LogP) is 4.63. The summed E-state index contributed by atoms with van der Waals surface area (Å²) in [6, 6.07) is 14.0. The third-order valence-electron chi connectivity index (χ3n) is 5.64. The molecule has 0 saturated heterocycles. The fourth-order valence-corrected chi connectivity index (χ4v) is 4.30. The number of benzene rings is 2. The number of hydrogen-bond acceptors (Lipinski definition) is 4. The van der Waals surface area contributed by atoms with Gasteiger partial charge in [0.25, 0.3) is 5.56 Å². The van der Waals surface area contributed by atoms with Gasteiger partial charge in [-0.3, -0.25) is 18.9 Å². The Labute approximate surface area is 191 Å². The Bertz CT molecular complexity index is 1380. The number of nitrogens with zero attached hydrogens (tertiary/aromatic N) is 5. The molecule has 33 heavy (non-hydrogen) atoms. The molecule has 4 aromatic rings. The van der Waals surface area contributed by atoms with E-state index in [1.54, 1.807) is 23.9 Å². The predicted molar refractivity (Wildman–Crippen MR) is 128 cm³/mol. The van der Waals surface area contributed by atoms with E-state index in [0.717, 1.165) is 11.1 Å². The summed E-state index contributed by atoms with van der Waals surface area (Å²) in [5.74, 6) is 0.361. The minimum Gasteiger partial charge on any atom is -0.465 e. The van der Waals surface area contributed by atoms with Crippen LogP contribution in [0.2, 0.25) is 0 Å². The molecular formula is C25H27N5O3. The summed E-state index contributed by atoms with van der Waals surface area (Å²) >= 11 is 0. The third kappa shape index (κ3) is 4.00. The van der Waals surface area contributed by atoms with Crippen molar-refractivity contribution in [3.8, 4) is 16.8 Å². The van der Waals surface area contributed by atoms with Crippen LogP contribution in [0.1, 0.15) is 39.6 Å². The largest absolute Gasteiger partial charge is 0.465 e. The molecule has 1 amide bonds. The minimum atomic E-state index is -1.08. The highest BCUT2D eigenvalue weighted by Gasteiger charge is 2.34. The van der Waals surface area contributed by atoms with E-state index in [0.29, 0.717) is 22.4 Å². The average Bonchev–Trinajstić information content (AvgIpc) is 3.18. The van der Waals surface area contributed by atoms with Crippen LogP contribution in [-0.2, 0) is 7.05 Å². The van der Waals surface area contributed by atoms with Gasteiger partial charge in [-0.2, -0.15) is 5.10 Å². The maximum atomic E-state index is 14.0. The van der Waals surface area contributed by atoms with E-state index in [9.17, 15) is 14.7 Å². The highest BCUT2D eigenvalue weighted by molar-refractivity contribution is 5.94. The fourth-order valence-electron chi connectivity index (χ4n) is 4.30. The number of rotatable bonds is 4. The Morgan fingerprint density at radius 1 is 1.09 bits per heavy atom. The van der Waals surface area contributed by atoms with Gasteiger partial charge in [-0.15, -0.1) is 0 Å². The lowest BCUT2D eigenvalue weighted by molar-refractivity contribution is 0.0719. The first-order valence-corrected chi connectivity index (χ1v) is 10.7.